The zero-order valence-electron chi connectivity index (χ0n) is 12.3. The number of rotatable bonds is 5. The minimum absolute atomic E-state index is 0.0672. The maximum absolute atomic E-state index is 6.35. The smallest absolute Gasteiger partial charge is 0.119 e. The Morgan fingerprint density at radius 2 is 2.00 bits per heavy atom. The molecule has 0 spiro atoms. The monoisotopic (exact) mass is 275 g/mol. The second-order valence-corrected chi connectivity index (χ2v) is 5.95. The molecule has 2 aliphatic rings. The summed E-state index contributed by atoms with van der Waals surface area (Å²) in [5, 5.41) is 0. The summed E-state index contributed by atoms with van der Waals surface area (Å²) in [6.45, 7) is 5.64. The molecule has 110 valence electrons. The largest absolute Gasteiger partial charge is 0.497 e. The highest BCUT2D eigenvalue weighted by Gasteiger charge is 2.31. The van der Waals surface area contributed by atoms with E-state index in [1.165, 1.54) is 25.9 Å². The van der Waals surface area contributed by atoms with E-state index < -0.39 is 0 Å². The number of methoxy groups -OCH3 is 1. The SMILES string of the molecule is COc1cccc(C(N)CN2CCN(C3CC3)CC2)c1. The summed E-state index contributed by atoms with van der Waals surface area (Å²) < 4.78 is 5.27. The van der Waals surface area contributed by atoms with Crippen LogP contribution in [0.15, 0.2) is 24.3 Å². The van der Waals surface area contributed by atoms with Gasteiger partial charge in [0, 0.05) is 44.8 Å². The van der Waals surface area contributed by atoms with Crippen LogP contribution in [0.2, 0.25) is 0 Å². The molecule has 1 atom stereocenters. The average Bonchev–Trinajstić information content (AvgIpc) is 3.33. The van der Waals surface area contributed by atoms with E-state index in [0.29, 0.717) is 0 Å². The van der Waals surface area contributed by atoms with Gasteiger partial charge in [-0.15, -0.1) is 0 Å². The molecule has 3 rings (SSSR count). The zero-order chi connectivity index (χ0) is 13.9. The van der Waals surface area contributed by atoms with Crippen LogP contribution in [0.5, 0.6) is 5.75 Å². The highest BCUT2D eigenvalue weighted by atomic mass is 16.5. The van der Waals surface area contributed by atoms with Crippen molar-refractivity contribution in [2.75, 3.05) is 39.8 Å². The van der Waals surface area contributed by atoms with E-state index >= 15 is 0 Å². The first kappa shape index (κ1) is 13.9. The van der Waals surface area contributed by atoms with Crippen molar-refractivity contribution in [3.05, 3.63) is 29.8 Å². The van der Waals surface area contributed by atoms with Gasteiger partial charge in [0.25, 0.3) is 0 Å². The zero-order valence-corrected chi connectivity index (χ0v) is 12.3. The molecule has 0 bridgehead atoms. The van der Waals surface area contributed by atoms with Crippen molar-refractivity contribution in [1.82, 2.24) is 9.80 Å². The highest BCUT2D eigenvalue weighted by Crippen LogP contribution is 2.27. The van der Waals surface area contributed by atoms with Gasteiger partial charge in [0.15, 0.2) is 0 Å². The molecule has 1 unspecified atom stereocenters. The third kappa shape index (κ3) is 3.32. The molecule has 1 heterocycles. The minimum Gasteiger partial charge on any atom is -0.497 e. The van der Waals surface area contributed by atoms with Crippen molar-refractivity contribution >= 4 is 0 Å². The lowest BCUT2D eigenvalue weighted by Gasteiger charge is -2.36. The molecule has 1 saturated carbocycles. The van der Waals surface area contributed by atoms with Gasteiger partial charge in [-0.3, -0.25) is 9.80 Å². The van der Waals surface area contributed by atoms with E-state index in [-0.39, 0.29) is 6.04 Å². The molecule has 1 aromatic carbocycles. The third-order valence-corrected chi connectivity index (χ3v) is 4.45. The van der Waals surface area contributed by atoms with Crippen molar-refractivity contribution in [1.29, 1.82) is 0 Å². The van der Waals surface area contributed by atoms with Crippen molar-refractivity contribution < 1.29 is 4.74 Å². The molecule has 4 nitrogen and oxygen atoms in total. The Kier molecular flexibility index (Phi) is 4.24. The summed E-state index contributed by atoms with van der Waals surface area (Å²) in [5.74, 6) is 0.886. The molecule has 20 heavy (non-hydrogen) atoms. The van der Waals surface area contributed by atoms with E-state index in [0.717, 1.165) is 37.0 Å². The average molecular weight is 275 g/mol. The fraction of sp³-hybridized carbons (Fsp3) is 0.625. The van der Waals surface area contributed by atoms with Crippen LogP contribution in [-0.4, -0.2) is 55.7 Å². The Balaban J connectivity index is 1.52. The maximum atomic E-state index is 6.35. The van der Waals surface area contributed by atoms with Crippen LogP contribution in [0.1, 0.15) is 24.4 Å². The van der Waals surface area contributed by atoms with Gasteiger partial charge in [-0.25, -0.2) is 0 Å². The molecule has 0 amide bonds. The standard InChI is InChI=1S/C16H25N3O/c1-20-15-4-2-3-13(11-15)16(17)12-18-7-9-19(10-8-18)14-5-6-14/h2-4,11,14,16H,5-10,12,17H2,1H3. The number of nitrogens with two attached hydrogens (primary N) is 1. The molecule has 1 saturated heterocycles. The number of nitrogens with zero attached hydrogens (tertiary/aromatic N) is 2. The summed E-state index contributed by atoms with van der Waals surface area (Å²) >= 11 is 0. The van der Waals surface area contributed by atoms with Crippen LogP contribution in [0.25, 0.3) is 0 Å². The minimum atomic E-state index is 0.0672. The predicted octanol–water partition coefficient (Wildman–Crippen LogP) is 1.47. The topological polar surface area (TPSA) is 41.7 Å². The van der Waals surface area contributed by atoms with E-state index in [1.807, 2.05) is 18.2 Å². The predicted molar refractivity (Wildman–Crippen MR) is 81.0 cm³/mol. The van der Waals surface area contributed by atoms with Crippen LogP contribution >= 0.6 is 0 Å². The van der Waals surface area contributed by atoms with E-state index in [4.69, 9.17) is 10.5 Å². The van der Waals surface area contributed by atoms with Crippen molar-refractivity contribution in [2.24, 2.45) is 5.73 Å². The molecule has 1 aliphatic carbocycles. The third-order valence-electron chi connectivity index (χ3n) is 4.45. The lowest BCUT2D eigenvalue weighted by Crippen LogP contribution is -2.48. The van der Waals surface area contributed by atoms with E-state index in [9.17, 15) is 0 Å². The van der Waals surface area contributed by atoms with Gasteiger partial charge >= 0.3 is 0 Å². The summed E-state index contributed by atoms with van der Waals surface area (Å²) in [7, 11) is 1.70. The fourth-order valence-electron chi connectivity index (χ4n) is 3.01. The Morgan fingerprint density at radius 1 is 1.25 bits per heavy atom. The van der Waals surface area contributed by atoms with Crippen molar-refractivity contribution in [3.63, 3.8) is 0 Å². The van der Waals surface area contributed by atoms with Crippen LogP contribution in [-0.2, 0) is 0 Å². The quantitative estimate of drug-likeness (QED) is 0.884. The van der Waals surface area contributed by atoms with Gasteiger partial charge in [0.05, 0.1) is 7.11 Å². The normalized spacial score (nSPS) is 22.7. The highest BCUT2D eigenvalue weighted by molar-refractivity contribution is 5.30. The summed E-state index contributed by atoms with van der Waals surface area (Å²) in [4.78, 5) is 5.12. The molecule has 1 aromatic rings. The molecule has 0 radical (unpaired) electrons. The Labute approximate surface area is 121 Å². The van der Waals surface area contributed by atoms with Crippen LogP contribution < -0.4 is 10.5 Å². The molecule has 4 heteroatoms. The molecular formula is C16H25N3O. The van der Waals surface area contributed by atoms with Crippen LogP contribution in [0.3, 0.4) is 0 Å². The molecule has 2 N–H and O–H groups in total. The summed E-state index contributed by atoms with van der Waals surface area (Å²) in [6.07, 6.45) is 2.81. The second kappa shape index (κ2) is 6.12. The number of hydrogen-bond acceptors (Lipinski definition) is 4. The van der Waals surface area contributed by atoms with Gasteiger partial charge in [-0.2, -0.15) is 0 Å². The van der Waals surface area contributed by atoms with Crippen LogP contribution in [0.4, 0.5) is 0 Å². The van der Waals surface area contributed by atoms with Gasteiger partial charge < -0.3 is 10.5 Å². The molecule has 1 aliphatic heterocycles. The van der Waals surface area contributed by atoms with Crippen LogP contribution in [0, 0.1) is 0 Å². The first-order valence-electron chi connectivity index (χ1n) is 7.62. The Hall–Kier alpha value is -1.10. The Bertz CT molecular complexity index is 439. The number of benzene rings is 1. The van der Waals surface area contributed by atoms with Crippen molar-refractivity contribution in [3.8, 4) is 5.75 Å². The van der Waals surface area contributed by atoms with Gasteiger partial charge in [0.1, 0.15) is 5.75 Å². The van der Waals surface area contributed by atoms with E-state index in [2.05, 4.69) is 15.9 Å². The van der Waals surface area contributed by atoms with Gasteiger partial charge in [0.2, 0.25) is 0 Å². The molecular weight excluding hydrogens is 250 g/mol. The maximum Gasteiger partial charge on any atom is 0.119 e. The first-order chi connectivity index (χ1) is 9.76. The van der Waals surface area contributed by atoms with Crippen molar-refractivity contribution in [2.45, 2.75) is 24.9 Å². The summed E-state index contributed by atoms with van der Waals surface area (Å²) in [5.41, 5.74) is 7.51. The van der Waals surface area contributed by atoms with Gasteiger partial charge in [-0.1, -0.05) is 12.1 Å². The Morgan fingerprint density at radius 3 is 2.65 bits per heavy atom. The summed E-state index contributed by atoms with van der Waals surface area (Å²) in [6, 6.07) is 9.07. The first-order valence-corrected chi connectivity index (χ1v) is 7.62. The molecule has 0 aromatic heterocycles. The lowest BCUT2D eigenvalue weighted by atomic mass is 10.1. The molecule has 2 fully saturated rings. The van der Waals surface area contributed by atoms with E-state index in [1.54, 1.807) is 7.11 Å². The second-order valence-electron chi connectivity index (χ2n) is 5.95. The number of hydrogen-bond donors (Lipinski definition) is 1. The van der Waals surface area contributed by atoms with Gasteiger partial charge in [-0.05, 0) is 30.5 Å². The number of ether oxygens (including phenoxy) is 1. The number of piperazine rings is 1. The fourth-order valence-corrected chi connectivity index (χ4v) is 3.01. The lowest BCUT2D eigenvalue weighted by molar-refractivity contribution is 0.121.